The summed E-state index contributed by atoms with van der Waals surface area (Å²) in [5.74, 6) is 0.855. The van der Waals surface area contributed by atoms with Crippen molar-refractivity contribution >= 4 is 23.1 Å². The normalized spacial score (nSPS) is 20.1. The van der Waals surface area contributed by atoms with Gasteiger partial charge in [0.2, 0.25) is 11.7 Å². The average Bonchev–Trinajstić information content (AvgIpc) is 3.52. The Kier molecular flexibility index (Phi) is 10.6. The molecule has 49 heavy (non-hydrogen) atoms. The zero-order chi connectivity index (χ0) is 34.5. The Morgan fingerprint density at radius 2 is 1.88 bits per heavy atom. The maximum absolute atomic E-state index is 16.6. The van der Waals surface area contributed by atoms with Crippen LogP contribution in [0.4, 0.5) is 16.0 Å². The Morgan fingerprint density at radius 3 is 2.61 bits per heavy atom. The third-order valence-corrected chi connectivity index (χ3v) is 9.34. The number of nitrogens with one attached hydrogen (secondary N) is 1. The predicted octanol–water partition coefficient (Wildman–Crippen LogP) is 4.29. The molecule has 0 saturated carbocycles. The molecule has 1 amide bonds. The fourth-order valence-electron chi connectivity index (χ4n) is 6.75. The van der Waals surface area contributed by atoms with E-state index in [1.165, 1.54) is 5.56 Å². The van der Waals surface area contributed by atoms with Gasteiger partial charge in [0.15, 0.2) is 17.5 Å². The predicted molar refractivity (Wildman–Crippen MR) is 187 cm³/mol. The highest BCUT2D eigenvalue weighted by atomic mass is 19.1. The van der Waals surface area contributed by atoms with E-state index in [1.807, 2.05) is 61.6 Å². The van der Waals surface area contributed by atoms with Gasteiger partial charge < -0.3 is 24.8 Å². The highest BCUT2D eigenvalue weighted by Crippen LogP contribution is 2.32. The topological polar surface area (TPSA) is 118 Å². The van der Waals surface area contributed by atoms with Gasteiger partial charge in [0, 0.05) is 63.6 Å². The summed E-state index contributed by atoms with van der Waals surface area (Å²) < 4.78 is 24.2. The Balaban J connectivity index is 1.23. The second kappa shape index (κ2) is 15.2. The lowest BCUT2D eigenvalue weighted by molar-refractivity contribution is -0.131. The van der Waals surface area contributed by atoms with Crippen LogP contribution in [0.25, 0.3) is 16.9 Å². The number of hydrogen-bond acceptors (Lipinski definition) is 10. The van der Waals surface area contributed by atoms with Crippen molar-refractivity contribution in [1.82, 2.24) is 34.3 Å². The summed E-state index contributed by atoms with van der Waals surface area (Å²) in [5.41, 5.74) is 2.71. The van der Waals surface area contributed by atoms with Crippen LogP contribution in [-0.2, 0) is 11.3 Å². The van der Waals surface area contributed by atoms with Crippen LogP contribution in [0.3, 0.4) is 0 Å². The van der Waals surface area contributed by atoms with Gasteiger partial charge in [-0.2, -0.15) is 14.8 Å². The second-order valence-corrected chi connectivity index (χ2v) is 13.4. The van der Waals surface area contributed by atoms with E-state index in [-0.39, 0.29) is 42.1 Å². The first-order chi connectivity index (χ1) is 23.7. The zero-order valence-electron chi connectivity index (χ0n) is 28.7. The van der Waals surface area contributed by atoms with Crippen LogP contribution in [0.15, 0.2) is 54.9 Å². The summed E-state index contributed by atoms with van der Waals surface area (Å²) in [5, 5.41) is 16.8. The molecule has 2 saturated heterocycles. The summed E-state index contributed by atoms with van der Waals surface area (Å²) in [6.07, 6.45) is 4.89. The summed E-state index contributed by atoms with van der Waals surface area (Å²) >= 11 is 0. The number of likely N-dealkylation sites (N-methyl/N-ethyl adjacent to an activating group) is 1. The lowest BCUT2D eigenvalue weighted by Gasteiger charge is -2.45. The first-order valence-electron chi connectivity index (χ1n) is 17.0. The Bertz CT molecular complexity index is 1780. The molecule has 3 aromatic heterocycles. The summed E-state index contributed by atoms with van der Waals surface area (Å²) in [4.78, 5) is 30.3. The van der Waals surface area contributed by atoms with Crippen molar-refractivity contribution in [1.29, 1.82) is 5.26 Å². The number of hydrogen-bond donors (Lipinski definition) is 1. The molecule has 5 heterocycles. The molecule has 0 radical (unpaired) electrons. The van der Waals surface area contributed by atoms with E-state index in [1.54, 1.807) is 15.6 Å². The molecule has 12 nitrogen and oxygen atoms in total. The van der Waals surface area contributed by atoms with Gasteiger partial charge in [0.1, 0.15) is 18.8 Å². The molecule has 1 N–H and O–H groups in total. The monoisotopic (exact) mass is 668 g/mol. The molecule has 2 fully saturated rings. The molecule has 2 aliphatic rings. The molecule has 258 valence electrons. The van der Waals surface area contributed by atoms with Gasteiger partial charge in [-0.05, 0) is 70.6 Å². The number of ether oxygens (including phenoxy) is 1. The van der Waals surface area contributed by atoms with Gasteiger partial charge in [0.25, 0.3) is 0 Å². The van der Waals surface area contributed by atoms with E-state index < -0.39 is 5.82 Å². The number of likely N-dealkylation sites (tertiary alicyclic amines) is 1. The molecule has 3 atom stereocenters. The van der Waals surface area contributed by atoms with Crippen LogP contribution in [0.2, 0.25) is 0 Å². The third kappa shape index (κ3) is 7.92. The minimum atomic E-state index is -0.515. The van der Waals surface area contributed by atoms with Gasteiger partial charge in [0.05, 0.1) is 23.3 Å². The van der Waals surface area contributed by atoms with E-state index in [0.717, 1.165) is 37.2 Å². The molecule has 1 aromatic carbocycles. The maximum Gasteiger partial charge on any atom is 0.236 e. The average molecular weight is 669 g/mol. The summed E-state index contributed by atoms with van der Waals surface area (Å²) in [6, 6.07) is 16.0. The second-order valence-electron chi connectivity index (χ2n) is 13.4. The molecular formula is C36H45FN10O2. The van der Waals surface area contributed by atoms with Gasteiger partial charge in [-0.3, -0.25) is 9.69 Å². The Morgan fingerprint density at radius 1 is 1.10 bits per heavy atom. The summed E-state index contributed by atoms with van der Waals surface area (Å²) in [7, 11) is 4.05. The van der Waals surface area contributed by atoms with Crippen LogP contribution < -0.4 is 15.0 Å². The van der Waals surface area contributed by atoms with Gasteiger partial charge in [-0.25, -0.2) is 14.5 Å². The maximum atomic E-state index is 16.6. The fourth-order valence-corrected chi connectivity index (χ4v) is 6.75. The van der Waals surface area contributed by atoms with E-state index in [4.69, 9.17) is 20.0 Å². The summed E-state index contributed by atoms with van der Waals surface area (Å²) in [6.45, 7) is 8.72. The van der Waals surface area contributed by atoms with E-state index in [0.29, 0.717) is 44.2 Å². The number of carbonyl (C=O) groups excluding carboxylic acids is 1. The number of halogens is 1. The number of aromatic nitrogens is 4. The van der Waals surface area contributed by atoms with Crippen molar-refractivity contribution in [3.63, 3.8) is 0 Å². The molecule has 6 rings (SSSR count). The number of carbonyl (C=O) groups is 1. The minimum absolute atomic E-state index is 0.102. The standard InChI is InChI=1S/C36H45FN10O2/c1-25-21-45(22-26(2)46(25)23-27-10-12-29(13-11-27)49-19-18-43(3)4)36-33(37)35(40-28-8-7-16-44(24-28)32(48)14-15-38)41-34(42-36)30-20-39-47-17-6-5-9-31(30)47/h5-6,9-13,17,20,25-26,28H,7-8,14,16,18-19,21-24H2,1-4H3,(H,40,41,42)/t25-,26+,28-/m1/s1. The largest absolute Gasteiger partial charge is 0.492 e. The number of amides is 1. The van der Waals surface area contributed by atoms with Crippen LogP contribution in [0, 0.1) is 17.1 Å². The molecule has 2 aliphatic heterocycles. The third-order valence-electron chi connectivity index (χ3n) is 9.34. The molecule has 13 heteroatoms. The minimum Gasteiger partial charge on any atom is -0.492 e. The van der Waals surface area contributed by atoms with Crippen LogP contribution >= 0.6 is 0 Å². The number of benzene rings is 1. The number of nitrogens with zero attached hydrogens (tertiary/aromatic N) is 9. The number of piperidine rings is 1. The van der Waals surface area contributed by atoms with E-state index in [9.17, 15) is 4.79 Å². The van der Waals surface area contributed by atoms with Gasteiger partial charge in [-0.15, -0.1) is 0 Å². The number of nitriles is 1. The molecule has 4 aromatic rings. The number of anilines is 2. The number of piperazine rings is 1. The Labute approximate surface area is 287 Å². The zero-order valence-corrected chi connectivity index (χ0v) is 28.7. The van der Waals surface area contributed by atoms with Crippen molar-refractivity contribution in [2.75, 3.05) is 63.6 Å². The first kappa shape index (κ1) is 34.1. The molecular weight excluding hydrogens is 623 g/mol. The van der Waals surface area contributed by atoms with Crippen LogP contribution in [-0.4, -0.2) is 112 Å². The fraction of sp³-hybridized carbons (Fsp3) is 0.472. The lowest BCUT2D eigenvalue weighted by atomic mass is 10.0. The molecule has 0 unspecified atom stereocenters. The number of rotatable bonds is 11. The van der Waals surface area contributed by atoms with Crippen LogP contribution in [0.5, 0.6) is 5.75 Å². The first-order valence-corrected chi connectivity index (χ1v) is 17.0. The van der Waals surface area contributed by atoms with E-state index >= 15 is 4.39 Å². The van der Waals surface area contributed by atoms with Crippen molar-refractivity contribution in [3.05, 3.63) is 66.2 Å². The van der Waals surface area contributed by atoms with Gasteiger partial charge in [-0.1, -0.05) is 18.2 Å². The SMILES string of the molecule is C[C@@H]1CN(c2nc(-c3cnn4ccccc34)nc(N[C@@H]3CCCN(C(=O)CC#N)C3)c2F)C[C@H](C)N1Cc1ccc(OCCN(C)C)cc1. The van der Waals surface area contributed by atoms with Crippen molar-refractivity contribution in [2.24, 2.45) is 0 Å². The molecule has 0 bridgehead atoms. The number of pyridine rings is 1. The van der Waals surface area contributed by atoms with Crippen LogP contribution in [0.1, 0.15) is 38.7 Å². The molecule has 0 aliphatic carbocycles. The number of fused-ring (bicyclic) bond motifs is 1. The smallest absolute Gasteiger partial charge is 0.236 e. The van der Waals surface area contributed by atoms with Crippen molar-refractivity contribution < 1.29 is 13.9 Å². The quantitative estimate of drug-likeness (QED) is 0.248. The highest BCUT2D eigenvalue weighted by Gasteiger charge is 2.33. The van der Waals surface area contributed by atoms with E-state index in [2.05, 4.69) is 46.2 Å². The van der Waals surface area contributed by atoms with Crippen molar-refractivity contribution in [3.8, 4) is 23.2 Å². The van der Waals surface area contributed by atoms with Crippen molar-refractivity contribution in [2.45, 2.75) is 57.8 Å². The van der Waals surface area contributed by atoms with Gasteiger partial charge >= 0.3 is 0 Å². The molecule has 0 spiro atoms. The highest BCUT2D eigenvalue weighted by molar-refractivity contribution is 5.79. The lowest BCUT2D eigenvalue weighted by Crippen LogP contribution is -2.56. The Hall–Kier alpha value is -4.80.